The average molecular weight is 1220 g/mol. The third-order valence-corrected chi connectivity index (χ3v) is 17.7. The van der Waals surface area contributed by atoms with Gasteiger partial charge in [0.1, 0.15) is 53.6 Å². The number of amides is 4. The molecular formula is C58H68F5N10O12P. The molecule has 6 heterocycles. The molecule has 4 saturated heterocycles. The fourth-order valence-corrected chi connectivity index (χ4v) is 13.0. The number of carbonyl (C=O) groups is 4. The Morgan fingerprint density at radius 1 is 0.663 bits per heavy atom. The molecule has 86 heavy (non-hydrogen) atoms. The molecule has 0 spiro atoms. The van der Waals surface area contributed by atoms with E-state index in [0.717, 1.165) is 30.9 Å². The normalized spacial score (nSPS) is 20.8. The standard InChI is InChI=1S/C58H68F5N10O12P/c1-30(81-3)50(67-57(76)83-5)55(74)70-19-7-9-47(70)53-64-42-25-36(38(60)27-43(42)65-53)45-15-16-46(73(45)35-23-40(62)52(41(63)24-35)69-21-17-33(18-22-69)32-11-13-34(59)14-12-32)37-26-44-49(28-39(37)61)72(29-85-86(78,79)80)54(66-44)48-10-8-20-71(48)56(75)51(31(2)82-4)68-58(77)84-6/h11-14,23-28,30-31,33,45-48,50-51H,7-10,15-22,29H2,1-6H3,(H,64,65)(H,67,76)(H,68,77)(H2,78,79,80)/t30-,31-,45-,46-,47+,48+,50+,51+/m1/s1. The van der Waals surface area contributed by atoms with E-state index in [0.29, 0.717) is 50.0 Å². The molecule has 4 aliphatic rings. The number of aromatic amines is 1. The van der Waals surface area contributed by atoms with E-state index in [2.05, 4.69) is 15.6 Å². The van der Waals surface area contributed by atoms with Crippen LogP contribution in [0.25, 0.3) is 22.1 Å². The van der Waals surface area contributed by atoms with Crippen molar-refractivity contribution < 1.29 is 79.0 Å². The van der Waals surface area contributed by atoms with Crippen LogP contribution >= 0.6 is 7.82 Å². The van der Waals surface area contributed by atoms with Gasteiger partial charge in [-0.1, -0.05) is 12.1 Å². The SMILES string of the molecule is COC(=O)N[C@H](C(=O)N1CCC[C@H]1c1nc2cc(F)c([C@H]3CC[C@H](c4cc5nc([C@@H]6CCCN6C(=O)[C@@H](NC(=O)OC)[C@@H](C)OC)n(COP(=O)(O)O)c5cc4F)N3c3cc(F)c(N4CCC(c5ccc(F)cc5)CC4)c(F)c3)cc2[nH]1)[C@@H](C)OC. The Bertz CT molecular complexity index is 3540. The number of nitrogens with one attached hydrogen (secondary N) is 3. The molecule has 4 fully saturated rings. The van der Waals surface area contributed by atoms with Gasteiger partial charge in [-0.05, 0) is 113 Å². The first-order valence-electron chi connectivity index (χ1n) is 28.3. The van der Waals surface area contributed by atoms with E-state index in [9.17, 15) is 37.9 Å². The molecule has 4 aliphatic heterocycles. The van der Waals surface area contributed by atoms with E-state index in [4.69, 9.17) is 33.4 Å². The Hall–Kier alpha value is -7.42. The quantitative estimate of drug-likeness (QED) is 0.0397. The first-order chi connectivity index (χ1) is 41.1. The number of carbonyl (C=O) groups excluding carboxylic acids is 4. The number of anilines is 2. The Labute approximate surface area is 491 Å². The lowest BCUT2D eigenvalue weighted by atomic mass is 9.89. The van der Waals surface area contributed by atoms with Crippen LogP contribution < -0.4 is 20.4 Å². The molecule has 28 heteroatoms. The summed E-state index contributed by atoms with van der Waals surface area (Å²) in [6.45, 7) is 3.36. The van der Waals surface area contributed by atoms with Gasteiger partial charge in [-0.25, -0.2) is 46.1 Å². The summed E-state index contributed by atoms with van der Waals surface area (Å²) in [5.74, 6) is -4.49. The molecule has 462 valence electrons. The smallest absolute Gasteiger partial charge is 0.453 e. The number of methoxy groups -OCH3 is 4. The van der Waals surface area contributed by atoms with Gasteiger partial charge in [-0.3, -0.25) is 14.1 Å². The predicted molar refractivity (Wildman–Crippen MR) is 302 cm³/mol. The molecule has 6 aromatic rings. The van der Waals surface area contributed by atoms with Crippen molar-refractivity contribution in [1.82, 2.24) is 40.0 Å². The number of rotatable bonds is 18. The van der Waals surface area contributed by atoms with Gasteiger partial charge in [-0.2, -0.15) is 0 Å². The number of alkyl carbamates (subject to hydrolysis) is 2. The van der Waals surface area contributed by atoms with Gasteiger partial charge < -0.3 is 68.5 Å². The largest absolute Gasteiger partial charge is 0.471 e. The van der Waals surface area contributed by atoms with Crippen LogP contribution in [0.2, 0.25) is 0 Å². The number of hydrogen-bond acceptors (Lipinski definition) is 14. The number of piperidine rings is 1. The molecule has 0 unspecified atom stereocenters. The molecule has 0 saturated carbocycles. The third-order valence-electron chi connectivity index (χ3n) is 17.2. The molecule has 4 amide bonds. The molecule has 0 radical (unpaired) electrons. The zero-order chi connectivity index (χ0) is 61.5. The molecule has 0 bridgehead atoms. The lowest BCUT2D eigenvalue weighted by molar-refractivity contribution is -0.138. The minimum Gasteiger partial charge on any atom is -0.453 e. The van der Waals surface area contributed by atoms with Crippen LogP contribution in [0.4, 0.5) is 42.9 Å². The summed E-state index contributed by atoms with van der Waals surface area (Å²) in [5.41, 5.74) is 1.26. The minimum atomic E-state index is -5.18. The lowest BCUT2D eigenvalue weighted by Crippen LogP contribution is -2.54. The van der Waals surface area contributed by atoms with Crippen LogP contribution in [0.3, 0.4) is 0 Å². The topological polar surface area (TPSA) is 255 Å². The number of hydrogen-bond donors (Lipinski definition) is 5. The van der Waals surface area contributed by atoms with Crippen LogP contribution in [-0.2, 0) is 44.4 Å². The van der Waals surface area contributed by atoms with Crippen molar-refractivity contribution >= 4 is 65.3 Å². The number of benzene rings is 4. The van der Waals surface area contributed by atoms with Crippen LogP contribution in [0.15, 0.2) is 60.7 Å². The summed E-state index contributed by atoms with van der Waals surface area (Å²) in [5, 5.41) is 5.06. The predicted octanol–water partition coefficient (Wildman–Crippen LogP) is 8.99. The Morgan fingerprint density at radius 3 is 1.77 bits per heavy atom. The van der Waals surface area contributed by atoms with Crippen molar-refractivity contribution in [1.29, 1.82) is 0 Å². The van der Waals surface area contributed by atoms with Gasteiger partial charge >= 0.3 is 20.0 Å². The van der Waals surface area contributed by atoms with Gasteiger partial charge in [0.05, 0.1) is 72.7 Å². The van der Waals surface area contributed by atoms with Gasteiger partial charge in [0.2, 0.25) is 11.8 Å². The number of H-pyrrole nitrogens is 1. The maximum absolute atomic E-state index is 17.5. The molecule has 5 N–H and O–H groups in total. The van der Waals surface area contributed by atoms with Gasteiger partial charge in [0, 0.05) is 69.3 Å². The fourth-order valence-electron chi connectivity index (χ4n) is 12.8. The highest BCUT2D eigenvalue weighted by Gasteiger charge is 2.44. The molecule has 22 nitrogen and oxygen atoms in total. The maximum atomic E-state index is 17.5. The summed E-state index contributed by atoms with van der Waals surface area (Å²) >= 11 is 0. The van der Waals surface area contributed by atoms with E-state index < -0.39 is 110 Å². The summed E-state index contributed by atoms with van der Waals surface area (Å²) in [6.07, 6.45) is -0.348. The van der Waals surface area contributed by atoms with Gasteiger partial charge in [0.25, 0.3) is 0 Å². The van der Waals surface area contributed by atoms with E-state index in [1.165, 1.54) is 61.1 Å². The van der Waals surface area contributed by atoms with Crippen molar-refractivity contribution in [3.63, 3.8) is 0 Å². The number of fused-ring (bicyclic) bond motifs is 2. The Morgan fingerprint density at radius 2 is 1.21 bits per heavy atom. The third kappa shape index (κ3) is 12.4. The monoisotopic (exact) mass is 1220 g/mol. The number of halogens is 5. The summed E-state index contributed by atoms with van der Waals surface area (Å²) in [4.78, 5) is 92.0. The van der Waals surface area contributed by atoms with Gasteiger partial charge in [0.15, 0.2) is 11.6 Å². The van der Waals surface area contributed by atoms with Crippen LogP contribution in [0, 0.1) is 29.1 Å². The highest BCUT2D eigenvalue weighted by atomic mass is 31.2. The maximum Gasteiger partial charge on any atom is 0.471 e. The van der Waals surface area contributed by atoms with Crippen molar-refractivity contribution in [2.45, 2.75) is 126 Å². The zero-order valence-corrected chi connectivity index (χ0v) is 49.0. The van der Waals surface area contributed by atoms with E-state index in [1.54, 1.807) is 40.7 Å². The number of phosphoric acid groups is 1. The number of nitrogens with zero attached hydrogens (tertiary/aromatic N) is 7. The zero-order valence-electron chi connectivity index (χ0n) is 48.1. The Balaban J connectivity index is 1.04. The number of phosphoric ester groups is 1. The summed E-state index contributed by atoms with van der Waals surface area (Å²) < 4.78 is 121. The minimum absolute atomic E-state index is 0.00626. The summed E-state index contributed by atoms with van der Waals surface area (Å²) in [6, 6.07) is 7.68. The second-order valence-electron chi connectivity index (χ2n) is 22.1. The van der Waals surface area contributed by atoms with E-state index >= 15 is 17.6 Å². The Kier molecular flexibility index (Phi) is 18.3. The molecule has 4 aromatic carbocycles. The second-order valence-corrected chi connectivity index (χ2v) is 23.3. The summed E-state index contributed by atoms with van der Waals surface area (Å²) in [7, 11) is -0.123. The van der Waals surface area contributed by atoms with Crippen LogP contribution in [0.1, 0.15) is 124 Å². The molecule has 8 atom stereocenters. The first kappa shape index (κ1) is 61.7. The van der Waals surface area contributed by atoms with E-state index in [1.807, 2.05) is 0 Å². The number of likely N-dealkylation sites (tertiary alicyclic amines) is 2. The fraction of sp³-hybridized carbons (Fsp3) is 0.483. The van der Waals surface area contributed by atoms with Crippen LogP contribution in [-0.4, -0.2) is 142 Å². The molecule has 2 aromatic heterocycles. The van der Waals surface area contributed by atoms with Crippen molar-refractivity contribution in [3.8, 4) is 0 Å². The first-order valence-corrected chi connectivity index (χ1v) is 29.9. The molecule has 10 rings (SSSR count). The highest BCUT2D eigenvalue weighted by molar-refractivity contribution is 7.46. The lowest BCUT2D eigenvalue weighted by Gasteiger charge is -2.36. The highest BCUT2D eigenvalue weighted by Crippen LogP contribution is 2.51. The second kappa shape index (κ2) is 25.5. The van der Waals surface area contributed by atoms with Crippen molar-refractivity contribution in [2.24, 2.45) is 0 Å². The van der Waals surface area contributed by atoms with E-state index in [-0.39, 0.29) is 95.5 Å². The number of ether oxygens (including phenoxy) is 4. The average Bonchev–Trinajstić information content (AvgIpc) is 1.72. The number of imidazole rings is 2. The number of aromatic nitrogens is 4. The van der Waals surface area contributed by atoms with Crippen molar-refractivity contribution in [3.05, 3.63) is 118 Å². The van der Waals surface area contributed by atoms with Crippen LogP contribution in [0.5, 0.6) is 0 Å². The van der Waals surface area contributed by atoms with Crippen molar-refractivity contribution in [2.75, 3.05) is 64.4 Å². The van der Waals surface area contributed by atoms with Gasteiger partial charge in [-0.15, -0.1) is 0 Å². The molecule has 0 aliphatic carbocycles. The molecular weight excluding hydrogens is 1150 g/mol.